The quantitative estimate of drug-likeness (QED) is 0.188. The van der Waals surface area contributed by atoms with Crippen LogP contribution in [0.4, 0.5) is 0 Å². The van der Waals surface area contributed by atoms with E-state index in [1.54, 1.807) is 24.0 Å². The Bertz CT molecular complexity index is 1280. The van der Waals surface area contributed by atoms with E-state index in [-0.39, 0.29) is 5.91 Å². The van der Waals surface area contributed by atoms with Crippen LogP contribution in [0.25, 0.3) is 17.1 Å². The average Bonchev–Trinajstić information content (AvgIpc) is 3.29. The summed E-state index contributed by atoms with van der Waals surface area (Å²) >= 11 is 14.1. The lowest BCUT2D eigenvalue weighted by molar-refractivity contribution is -0.121. The van der Waals surface area contributed by atoms with Gasteiger partial charge in [0.2, 0.25) is 5.91 Å². The minimum atomic E-state index is 0.0290. The van der Waals surface area contributed by atoms with Crippen molar-refractivity contribution in [3.8, 4) is 17.1 Å². The first-order chi connectivity index (χ1) is 17.0. The van der Waals surface area contributed by atoms with Gasteiger partial charge in [0.15, 0.2) is 11.0 Å². The number of rotatable bonds is 10. The maximum Gasteiger partial charge on any atom is 0.220 e. The third-order valence-electron chi connectivity index (χ3n) is 5.33. The summed E-state index contributed by atoms with van der Waals surface area (Å²) in [5.74, 6) is 1.57. The van der Waals surface area contributed by atoms with Gasteiger partial charge < -0.3 is 5.32 Å². The molecule has 0 radical (unpaired) electrons. The Morgan fingerprint density at radius 2 is 1.83 bits per heavy atom. The van der Waals surface area contributed by atoms with E-state index in [1.165, 1.54) is 5.56 Å². The Kier molecular flexibility index (Phi) is 8.79. The molecule has 0 aliphatic heterocycles. The predicted molar refractivity (Wildman–Crippen MR) is 142 cm³/mol. The van der Waals surface area contributed by atoms with Gasteiger partial charge in [0, 0.05) is 23.9 Å². The first kappa shape index (κ1) is 25.2. The Balaban J connectivity index is 1.38. The molecule has 0 atom stereocenters. The van der Waals surface area contributed by atoms with Crippen LogP contribution in [-0.2, 0) is 11.3 Å². The van der Waals surface area contributed by atoms with E-state index >= 15 is 0 Å². The summed E-state index contributed by atoms with van der Waals surface area (Å²) in [5, 5.41) is 13.6. The van der Waals surface area contributed by atoms with Crippen molar-refractivity contribution in [2.75, 3.05) is 5.75 Å². The standard InChI is InChI=1S/C26H25Cl2N5OS/c1-18-8-10-19(11-9-18)25-31-32-26(33(25)21-12-13-22(27)23(28)16-21)35-15-5-3-7-24(34)30-17-20-6-2-4-14-29-20/h2,4,6,8-14,16H,3,5,7,15,17H2,1H3,(H,30,34). The molecule has 0 fully saturated rings. The molecule has 0 unspecified atom stereocenters. The molecule has 35 heavy (non-hydrogen) atoms. The highest BCUT2D eigenvalue weighted by Gasteiger charge is 2.17. The minimum absolute atomic E-state index is 0.0290. The summed E-state index contributed by atoms with van der Waals surface area (Å²) in [5.41, 5.74) is 3.83. The number of thioether (sulfide) groups is 1. The molecule has 6 nitrogen and oxygen atoms in total. The van der Waals surface area contributed by atoms with Gasteiger partial charge in [-0.3, -0.25) is 14.3 Å². The topological polar surface area (TPSA) is 72.7 Å². The molecule has 9 heteroatoms. The van der Waals surface area contributed by atoms with Gasteiger partial charge in [-0.05, 0) is 50.1 Å². The van der Waals surface area contributed by atoms with E-state index in [4.69, 9.17) is 23.2 Å². The number of halogens is 2. The summed E-state index contributed by atoms with van der Waals surface area (Å²) < 4.78 is 2.00. The number of nitrogens with one attached hydrogen (secondary N) is 1. The molecular weight excluding hydrogens is 501 g/mol. The van der Waals surface area contributed by atoms with Crippen molar-refractivity contribution in [3.63, 3.8) is 0 Å². The zero-order chi connectivity index (χ0) is 24.6. The number of aromatic nitrogens is 4. The summed E-state index contributed by atoms with van der Waals surface area (Å²) in [6.45, 7) is 2.50. The Labute approximate surface area is 219 Å². The number of nitrogens with zero attached hydrogens (tertiary/aromatic N) is 4. The lowest BCUT2D eigenvalue weighted by Crippen LogP contribution is -2.22. The average molecular weight is 526 g/mol. The minimum Gasteiger partial charge on any atom is -0.350 e. The fraction of sp³-hybridized carbons (Fsp3) is 0.231. The molecule has 4 aromatic rings. The number of unbranched alkanes of at least 4 members (excludes halogenated alkanes) is 1. The van der Waals surface area contributed by atoms with E-state index < -0.39 is 0 Å². The molecule has 2 heterocycles. The number of carbonyl (C=O) groups is 1. The highest BCUT2D eigenvalue weighted by Crippen LogP contribution is 2.31. The van der Waals surface area contributed by atoms with Crippen molar-refractivity contribution in [2.45, 2.75) is 37.9 Å². The molecule has 0 spiro atoms. The molecular formula is C26H25Cl2N5OS. The summed E-state index contributed by atoms with van der Waals surface area (Å²) in [4.78, 5) is 16.4. The summed E-state index contributed by atoms with van der Waals surface area (Å²) in [7, 11) is 0. The molecule has 0 aliphatic rings. The molecule has 1 N–H and O–H groups in total. The van der Waals surface area contributed by atoms with Crippen molar-refractivity contribution in [1.29, 1.82) is 0 Å². The zero-order valence-electron chi connectivity index (χ0n) is 19.2. The van der Waals surface area contributed by atoms with Gasteiger partial charge in [-0.1, -0.05) is 70.9 Å². The van der Waals surface area contributed by atoms with Crippen molar-refractivity contribution in [1.82, 2.24) is 25.1 Å². The highest BCUT2D eigenvalue weighted by molar-refractivity contribution is 7.99. The number of amides is 1. The molecule has 0 aliphatic carbocycles. The van der Waals surface area contributed by atoms with Crippen LogP contribution in [0.3, 0.4) is 0 Å². The molecule has 0 saturated carbocycles. The largest absolute Gasteiger partial charge is 0.350 e. The summed E-state index contributed by atoms with van der Waals surface area (Å²) in [6, 6.07) is 19.3. The lowest BCUT2D eigenvalue weighted by atomic mass is 10.1. The summed E-state index contributed by atoms with van der Waals surface area (Å²) in [6.07, 6.45) is 3.85. The van der Waals surface area contributed by atoms with E-state index in [9.17, 15) is 4.79 Å². The fourth-order valence-corrected chi connectivity index (χ4v) is 4.68. The Hall–Kier alpha value is -2.87. The van der Waals surface area contributed by atoms with Gasteiger partial charge in [-0.15, -0.1) is 10.2 Å². The molecule has 0 saturated heterocycles. The van der Waals surface area contributed by atoms with Crippen molar-refractivity contribution in [2.24, 2.45) is 0 Å². The Morgan fingerprint density at radius 3 is 2.57 bits per heavy atom. The van der Waals surface area contributed by atoms with E-state index in [1.807, 2.05) is 54.0 Å². The monoisotopic (exact) mass is 525 g/mol. The fourth-order valence-electron chi connectivity index (χ4n) is 3.44. The van der Waals surface area contributed by atoms with Gasteiger partial charge in [-0.2, -0.15) is 0 Å². The SMILES string of the molecule is Cc1ccc(-c2nnc(SCCCCC(=O)NCc3ccccn3)n2-c2ccc(Cl)c(Cl)c2)cc1. The number of aryl methyl sites for hydroxylation is 1. The number of benzene rings is 2. The number of carbonyl (C=O) groups excluding carboxylic acids is 1. The molecule has 1 amide bonds. The third-order valence-corrected chi connectivity index (χ3v) is 7.08. The first-order valence-corrected chi connectivity index (χ1v) is 13.0. The lowest BCUT2D eigenvalue weighted by Gasteiger charge is -2.11. The number of pyridine rings is 1. The van der Waals surface area contributed by atoms with E-state index in [2.05, 4.69) is 32.6 Å². The molecule has 2 aromatic carbocycles. The van der Waals surface area contributed by atoms with Crippen LogP contribution in [0.15, 0.2) is 72.0 Å². The highest BCUT2D eigenvalue weighted by atomic mass is 35.5. The first-order valence-electron chi connectivity index (χ1n) is 11.3. The van der Waals surface area contributed by atoms with Crippen LogP contribution < -0.4 is 5.32 Å². The van der Waals surface area contributed by atoms with Crippen molar-refractivity contribution in [3.05, 3.63) is 88.2 Å². The second-order valence-electron chi connectivity index (χ2n) is 8.01. The predicted octanol–water partition coefficient (Wildman–Crippen LogP) is 6.52. The smallest absolute Gasteiger partial charge is 0.220 e. The molecule has 180 valence electrons. The maximum absolute atomic E-state index is 12.1. The second-order valence-corrected chi connectivity index (χ2v) is 9.89. The maximum atomic E-state index is 12.1. The van der Waals surface area contributed by atoms with Crippen LogP contribution in [0, 0.1) is 6.92 Å². The Morgan fingerprint density at radius 1 is 1.00 bits per heavy atom. The van der Waals surface area contributed by atoms with E-state index in [0.29, 0.717) is 23.0 Å². The van der Waals surface area contributed by atoms with Gasteiger partial charge >= 0.3 is 0 Å². The number of hydrogen-bond donors (Lipinski definition) is 1. The van der Waals surface area contributed by atoms with Gasteiger partial charge in [-0.25, -0.2) is 0 Å². The molecule has 0 bridgehead atoms. The van der Waals surface area contributed by atoms with Gasteiger partial charge in [0.25, 0.3) is 0 Å². The zero-order valence-corrected chi connectivity index (χ0v) is 21.6. The van der Waals surface area contributed by atoms with Crippen LogP contribution in [0.2, 0.25) is 10.0 Å². The normalized spacial score (nSPS) is 10.9. The van der Waals surface area contributed by atoms with Gasteiger partial charge in [0.05, 0.1) is 28.0 Å². The molecule has 4 rings (SSSR count). The van der Waals surface area contributed by atoms with E-state index in [0.717, 1.165) is 46.5 Å². The third kappa shape index (κ3) is 6.84. The van der Waals surface area contributed by atoms with Gasteiger partial charge in [0.1, 0.15) is 0 Å². The second kappa shape index (κ2) is 12.2. The van der Waals surface area contributed by atoms with Crippen molar-refractivity contribution < 1.29 is 4.79 Å². The van der Waals surface area contributed by atoms with Crippen LogP contribution in [0.5, 0.6) is 0 Å². The van der Waals surface area contributed by atoms with Crippen molar-refractivity contribution >= 4 is 40.9 Å². The van der Waals surface area contributed by atoms with Crippen LogP contribution >= 0.6 is 35.0 Å². The van der Waals surface area contributed by atoms with Crippen LogP contribution in [-0.4, -0.2) is 31.4 Å². The molecule has 2 aromatic heterocycles. The van der Waals surface area contributed by atoms with Crippen LogP contribution in [0.1, 0.15) is 30.5 Å². The number of hydrogen-bond acceptors (Lipinski definition) is 5.